The number of nitrogens with two attached hydrogens (primary N) is 1. The van der Waals surface area contributed by atoms with Crippen molar-refractivity contribution in [1.82, 2.24) is 0 Å². The van der Waals surface area contributed by atoms with Crippen LogP contribution in [-0.2, 0) is 9.53 Å². The zero-order valence-electron chi connectivity index (χ0n) is 16.6. The molecule has 0 bridgehead atoms. The lowest BCUT2D eigenvalue weighted by molar-refractivity contribution is -0.116. The molecule has 1 aromatic carbocycles. The average molecular weight is 382 g/mol. The first-order valence-corrected chi connectivity index (χ1v) is 9.69. The number of carbonyl (C=O) groups excluding carboxylic acids is 1. The quantitative estimate of drug-likeness (QED) is 0.801. The van der Waals surface area contributed by atoms with Gasteiger partial charge in [0.1, 0.15) is 17.4 Å². The van der Waals surface area contributed by atoms with E-state index in [-0.39, 0.29) is 17.2 Å². The molecule has 2 N–H and O–H groups in total. The van der Waals surface area contributed by atoms with Crippen molar-refractivity contribution in [1.29, 1.82) is 5.26 Å². The predicted molar refractivity (Wildman–Crippen MR) is 104 cm³/mol. The summed E-state index contributed by atoms with van der Waals surface area (Å²) in [6, 6.07) is 7.67. The fraction of sp³-hybridized carbons (Fsp3) is 0.455. The molecule has 0 radical (unpaired) electrons. The van der Waals surface area contributed by atoms with Crippen LogP contribution in [0.5, 0.6) is 11.5 Å². The van der Waals surface area contributed by atoms with Gasteiger partial charge in [-0.25, -0.2) is 0 Å². The van der Waals surface area contributed by atoms with Crippen LogP contribution in [-0.4, -0.2) is 19.0 Å². The van der Waals surface area contributed by atoms with Crippen LogP contribution < -0.4 is 15.2 Å². The molecule has 1 atom stereocenters. The van der Waals surface area contributed by atoms with Crippen LogP contribution in [0.1, 0.15) is 51.5 Å². The van der Waals surface area contributed by atoms with Crippen LogP contribution in [0.2, 0.25) is 0 Å². The summed E-state index contributed by atoms with van der Waals surface area (Å²) in [5, 5.41) is 9.68. The number of hydrogen-bond acceptors (Lipinski definition) is 6. The maximum Gasteiger partial charge on any atom is 0.205 e. The van der Waals surface area contributed by atoms with Gasteiger partial charge in [-0.3, -0.25) is 4.79 Å². The number of hydrogen-bond donors (Lipinski definition) is 1. The number of benzene rings is 1. The molecule has 0 saturated carbocycles. The normalized spacial score (nSPS) is 19.2. The standard InChI is InChI=1S/C22H26N2O4/c1-4-26-19-10-14(8-9-17(19)27-12-13(2)3)20-15(11-23)22(24)28-18-7-5-6-16(25)21(18)20/h8-10,13,20H,4-7,12,24H2,1-3H3/t20-/m1/s1. The van der Waals surface area contributed by atoms with E-state index in [0.29, 0.717) is 54.8 Å². The zero-order valence-corrected chi connectivity index (χ0v) is 16.6. The van der Waals surface area contributed by atoms with Crippen LogP contribution in [0.15, 0.2) is 41.0 Å². The Balaban J connectivity index is 2.07. The van der Waals surface area contributed by atoms with Crippen LogP contribution in [0.4, 0.5) is 0 Å². The van der Waals surface area contributed by atoms with Crippen molar-refractivity contribution in [2.24, 2.45) is 11.7 Å². The molecule has 0 spiro atoms. The van der Waals surface area contributed by atoms with E-state index < -0.39 is 5.92 Å². The van der Waals surface area contributed by atoms with E-state index >= 15 is 0 Å². The molecule has 1 aromatic rings. The largest absolute Gasteiger partial charge is 0.490 e. The summed E-state index contributed by atoms with van der Waals surface area (Å²) < 4.78 is 17.3. The number of ether oxygens (including phenoxy) is 3. The Morgan fingerprint density at radius 1 is 1.29 bits per heavy atom. The molecule has 0 fully saturated rings. The Morgan fingerprint density at radius 2 is 2.07 bits per heavy atom. The number of allylic oxidation sites excluding steroid dienone is 3. The van der Waals surface area contributed by atoms with Crippen molar-refractivity contribution < 1.29 is 19.0 Å². The third kappa shape index (κ3) is 3.84. The van der Waals surface area contributed by atoms with Gasteiger partial charge in [0.15, 0.2) is 17.3 Å². The van der Waals surface area contributed by atoms with E-state index in [1.54, 1.807) is 0 Å². The van der Waals surface area contributed by atoms with E-state index in [0.717, 1.165) is 12.0 Å². The first-order valence-electron chi connectivity index (χ1n) is 9.69. The van der Waals surface area contributed by atoms with Gasteiger partial charge in [-0.15, -0.1) is 0 Å². The molecular formula is C22H26N2O4. The molecule has 1 heterocycles. The summed E-state index contributed by atoms with van der Waals surface area (Å²) in [5.41, 5.74) is 7.57. The molecular weight excluding hydrogens is 356 g/mol. The van der Waals surface area contributed by atoms with Gasteiger partial charge in [-0.05, 0) is 37.0 Å². The Morgan fingerprint density at radius 3 is 2.75 bits per heavy atom. The minimum absolute atomic E-state index is 0.00425. The third-order valence-electron chi connectivity index (χ3n) is 4.78. The van der Waals surface area contributed by atoms with Crippen LogP contribution in [0.25, 0.3) is 0 Å². The van der Waals surface area contributed by atoms with Gasteiger partial charge in [0.2, 0.25) is 5.88 Å². The minimum Gasteiger partial charge on any atom is -0.490 e. The first-order chi connectivity index (χ1) is 13.5. The highest BCUT2D eigenvalue weighted by Crippen LogP contribution is 2.45. The molecule has 0 aromatic heterocycles. The number of nitriles is 1. The number of carbonyl (C=O) groups is 1. The third-order valence-corrected chi connectivity index (χ3v) is 4.78. The SMILES string of the molecule is CCOc1cc([C@@H]2C(C#N)=C(N)OC3=C2C(=O)CCC3)ccc1OCC(C)C. The smallest absolute Gasteiger partial charge is 0.205 e. The molecule has 6 nitrogen and oxygen atoms in total. The fourth-order valence-electron chi connectivity index (χ4n) is 3.54. The molecule has 2 aliphatic rings. The Hall–Kier alpha value is -2.94. The number of Topliss-reactive ketones (excluding diaryl/α,β-unsaturated/α-hetero) is 1. The van der Waals surface area contributed by atoms with Gasteiger partial charge < -0.3 is 19.9 Å². The van der Waals surface area contributed by atoms with Crippen molar-refractivity contribution in [2.75, 3.05) is 13.2 Å². The van der Waals surface area contributed by atoms with Gasteiger partial charge in [-0.2, -0.15) is 5.26 Å². The van der Waals surface area contributed by atoms with Crippen LogP contribution in [0.3, 0.4) is 0 Å². The topological polar surface area (TPSA) is 94.6 Å². The van der Waals surface area contributed by atoms with Gasteiger partial charge >= 0.3 is 0 Å². The summed E-state index contributed by atoms with van der Waals surface area (Å²) in [6.45, 7) is 7.10. The molecule has 28 heavy (non-hydrogen) atoms. The van der Waals surface area contributed by atoms with E-state index in [1.807, 2.05) is 25.1 Å². The summed E-state index contributed by atoms with van der Waals surface area (Å²) in [5.74, 6) is 1.73. The molecule has 6 heteroatoms. The molecule has 0 amide bonds. The average Bonchev–Trinajstić information content (AvgIpc) is 2.66. The van der Waals surface area contributed by atoms with Crippen molar-refractivity contribution in [2.45, 2.75) is 46.0 Å². The number of nitrogens with zero attached hydrogens (tertiary/aromatic N) is 1. The molecule has 0 unspecified atom stereocenters. The Bertz CT molecular complexity index is 877. The summed E-state index contributed by atoms with van der Waals surface area (Å²) in [7, 11) is 0. The van der Waals surface area contributed by atoms with Crippen molar-refractivity contribution in [3.8, 4) is 17.6 Å². The van der Waals surface area contributed by atoms with Crippen LogP contribution >= 0.6 is 0 Å². The lowest BCUT2D eigenvalue weighted by Gasteiger charge is -2.31. The molecule has 0 saturated heterocycles. The van der Waals surface area contributed by atoms with E-state index in [1.165, 1.54) is 0 Å². The molecule has 1 aliphatic heterocycles. The molecule has 148 valence electrons. The second kappa shape index (κ2) is 8.39. The maximum absolute atomic E-state index is 12.7. The summed E-state index contributed by atoms with van der Waals surface area (Å²) in [6.07, 6.45) is 1.82. The highest BCUT2D eigenvalue weighted by molar-refractivity contribution is 5.99. The monoisotopic (exact) mass is 382 g/mol. The van der Waals surface area contributed by atoms with E-state index in [4.69, 9.17) is 19.9 Å². The van der Waals surface area contributed by atoms with Crippen LogP contribution in [0, 0.1) is 17.2 Å². The second-order valence-corrected chi connectivity index (χ2v) is 7.38. The second-order valence-electron chi connectivity index (χ2n) is 7.38. The molecule has 3 rings (SSSR count). The highest BCUT2D eigenvalue weighted by Gasteiger charge is 2.38. The number of ketones is 1. The van der Waals surface area contributed by atoms with E-state index in [9.17, 15) is 10.1 Å². The van der Waals surface area contributed by atoms with Gasteiger partial charge in [0.25, 0.3) is 0 Å². The Labute approximate surface area is 165 Å². The van der Waals surface area contributed by atoms with Crippen molar-refractivity contribution >= 4 is 5.78 Å². The highest BCUT2D eigenvalue weighted by atomic mass is 16.5. The maximum atomic E-state index is 12.7. The predicted octanol–water partition coefficient (Wildman–Crippen LogP) is 3.93. The number of rotatable bonds is 6. The van der Waals surface area contributed by atoms with Crippen molar-refractivity contribution in [3.63, 3.8) is 0 Å². The summed E-state index contributed by atoms with van der Waals surface area (Å²) in [4.78, 5) is 12.7. The van der Waals surface area contributed by atoms with Crippen molar-refractivity contribution in [3.05, 3.63) is 46.6 Å². The summed E-state index contributed by atoms with van der Waals surface area (Å²) >= 11 is 0. The van der Waals surface area contributed by atoms with E-state index in [2.05, 4.69) is 19.9 Å². The lowest BCUT2D eigenvalue weighted by atomic mass is 9.77. The Kier molecular flexibility index (Phi) is 5.93. The minimum atomic E-state index is -0.542. The fourth-order valence-corrected chi connectivity index (χ4v) is 3.54. The molecule has 1 aliphatic carbocycles. The van der Waals surface area contributed by atoms with Gasteiger partial charge in [0.05, 0.1) is 19.1 Å². The lowest BCUT2D eigenvalue weighted by Crippen LogP contribution is -2.27. The van der Waals surface area contributed by atoms with Gasteiger partial charge in [0, 0.05) is 18.4 Å². The van der Waals surface area contributed by atoms with Gasteiger partial charge in [-0.1, -0.05) is 19.9 Å². The first kappa shape index (κ1) is 19.8. The zero-order chi connectivity index (χ0) is 20.3.